The van der Waals surface area contributed by atoms with Crippen LogP contribution in [-0.2, 0) is 4.79 Å². The molecule has 0 spiro atoms. The van der Waals surface area contributed by atoms with E-state index in [4.69, 9.17) is 5.26 Å². The van der Waals surface area contributed by atoms with Crippen LogP contribution in [-0.4, -0.2) is 5.91 Å². The van der Waals surface area contributed by atoms with Crippen LogP contribution in [0.15, 0.2) is 48.7 Å². The van der Waals surface area contributed by atoms with Crippen molar-refractivity contribution in [3.05, 3.63) is 65.4 Å². The van der Waals surface area contributed by atoms with Crippen LogP contribution in [0.1, 0.15) is 16.7 Å². The van der Waals surface area contributed by atoms with Crippen LogP contribution < -0.4 is 10.6 Å². The molecule has 1 amide bonds. The molecule has 2 aromatic carbocycles. The number of fused-ring (bicyclic) bond motifs is 1. The van der Waals surface area contributed by atoms with Gasteiger partial charge in [-0.1, -0.05) is 12.1 Å². The van der Waals surface area contributed by atoms with Crippen LogP contribution in [0.3, 0.4) is 0 Å². The first-order valence-corrected chi connectivity index (χ1v) is 6.57. The maximum absolute atomic E-state index is 12.0. The molecule has 0 saturated heterocycles. The maximum Gasteiger partial charge on any atom is 0.257 e. The van der Waals surface area contributed by atoms with Crippen molar-refractivity contribution >= 4 is 22.9 Å². The number of nitrogens with one attached hydrogen (secondary N) is 2. The number of amides is 1. The SMILES string of the molecule is Cc1cccc2c1/C(=C/Nc1ccc(C#N)cc1)C(=O)N2. The summed E-state index contributed by atoms with van der Waals surface area (Å²) >= 11 is 0. The van der Waals surface area contributed by atoms with Crippen LogP contribution in [0.5, 0.6) is 0 Å². The van der Waals surface area contributed by atoms with Crippen LogP contribution in [0.25, 0.3) is 5.57 Å². The molecule has 0 bridgehead atoms. The Morgan fingerprint density at radius 2 is 1.95 bits per heavy atom. The highest BCUT2D eigenvalue weighted by Gasteiger charge is 2.25. The molecule has 2 N–H and O–H groups in total. The second-order valence-corrected chi connectivity index (χ2v) is 4.84. The first kappa shape index (κ1) is 12.9. The van der Waals surface area contributed by atoms with Gasteiger partial charge in [0.1, 0.15) is 0 Å². The minimum Gasteiger partial charge on any atom is -0.361 e. The van der Waals surface area contributed by atoms with E-state index in [1.54, 1.807) is 30.5 Å². The predicted octanol–water partition coefficient (Wildman–Crippen LogP) is 3.27. The molecule has 0 unspecified atom stereocenters. The molecule has 0 radical (unpaired) electrons. The molecule has 1 heterocycles. The van der Waals surface area contributed by atoms with E-state index in [9.17, 15) is 4.79 Å². The summed E-state index contributed by atoms with van der Waals surface area (Å²) in [6, 6.07) is 14.9. The number of anilines is 2. The summed E-state index contributed by atoms with van der Waals surface area (Å²) in [4.78, 5) is 12.0. The van der Waals surface area contributed by atoms with E-state index in [0.717, 1.165) is 22.5 Å². The van der Waals surface area contributed by atoms with Gasteiger partial charge < -0.3 is 10.6 Å². The number of nitrogens with zero attached hydrogens (tertiary/aromatic N) is 1. The van der Waals surface area contributed by atoms with Gasteiger partial charge in [-0.3, -0.25) is 4.79 Å². The zero-order chi connectivity index (χ0) is 14.8. The molecule has 21 heavy (non-hydrogen) atoms. The second kappa shape index (κ2) is 5.14. The van der Waals surface area contributed by atoms with E-state index < -0.39 is 0 Å². The molecule has 2 aromatic rings. The number of carbonyl (C=O) groups is 1. The summed E-state index contributed by atoms with van der Waals surface area (Å²) in [5.74, 6) is -0.111. The fourth-order valence-electron chi connectivity index (χ4n) is 2.37. The minimum absolute atomic E-state index is 0.111. The smallest absolute Gasteiger partial charge is 0.257 e. The average Bonchev–Trinajstić information content (AvgIpc) is 2.82. The van der Waals surface area contributed by atoms with Gasteiger partial charge in [0.25, 0.3) is 5.91 Å². The van der Waals surface area contributed by atoms with E-state index >= 15 is 0 Å². The number of benzene rings is 2. The standard InChI is InChI=1S/C17H13N3O/c1-11-3-2-4-15-16(11)14(17(21)20-15)10-19-13-7-5-12(9-18)6-8-13/h2-8,10,19H,1H3,(H,20,21)/b14-10-. The van der Waals surface area contributed by atoms with Crippen molar-refractivity contribution < 1.29 is 4.79 Å². The summed E-state index contributed by atoms with van der Waals surface area (Å²) in [6.07, 6.45) is 1.70. The van der Waals surface area contributed by atoms with Gasteiger partial charge >= 0.3 is 0 Å². The molecule has 4 nitrogen and oxygen atoms in total. The van der Waals surface area contributed by atoms with Crippen LogP contribution in [0.4, 0.5) is 11.4 Å². The van der Waals surface area contributed by atoms with Crippen molar-refractivity contribution in [2.24, 2.45) is 0 Å². The number of hydrogen-bond donors (Lipinski definition) is 2. The zero-order valence-corrected chi connectivity index (χ0v) is 11.5. The Morgan fingerprint density at radius 3 is 2.67 bits per heavy atom. The van der Waals surface area contributed by atoms with Crippen molar-refractivity contribution in [1.82, 2.24) is 0 Å². The fraction of sp³-hybridized carbons (Fsp3) is 0.0588. The molecule has 0 fully saturated rings. The normalized spacial score (nSPS) is 14.5. The number of carbonyl (C=O) groups excluding carboxylic acids is 1. The summed E-state index contributed by atoms with van der Waals surface area (Å²) in [5, 5.41) is 14.7. The Balaban J connectivity index is 1.90. The lowest BCUT2D eigenvalue weighted by molar-refractivity contribution is -0.110. The van der Waals surface area contributed by atoms with E-state index in [1.807, 2.05) is 25.1 Å². The highest BCUT2D eigenvalue weighted by atomic mass is 16.2. The number of hydrogen-bond acceptors (Lipinski definition) is 3. The van der Waals surface area contributed by atoms with E-state index in [0.29, 0.717) is 11.1 Å². The molecule has 0 atom stereocenters. The predicted molar refractivity (Wildman–Crippen MR) is 82.6 cm³/mol. The van der Waals surface area contributed by atoms with Crippen molar-refractivity contribution in [3.63, 3.8) is 0 Å². The molecule has 0 saturated carbocycles. The molecular weight excluding hydrogens is 262 g/mol. The molecule has 1 aliphatic rings. The lowest BCUT2D eigenvalue weighted by Gasteiger charge is -2.04. The van der Waals surface area contributed by atoms with Gasteiger partial charge in [-0.2, -0.15) is 5.26 Å². The van der Waals surface area contributed by atoms with E-state index in [2.05, 4.69) is 16.7 Å². The Morgan fingerprint density at radius 1 is 1.19 bits per heavy atom. The molecule has 0 aromatic heterocycles. The Bertz CT molecular complexity index is 783. The number of rotatable bonds is 2. The molecular formula is C17H13N3O. The van der Waals surface area contributed by atoms with E-state index in [-0.39, 0.29) is 5.91 Å². The summed E-state index contributed by atoms with van der Waals surface area (Å²) in [6.45, 7) is 1.98. The van der Waals surface area contributed by atoms with Gasteiger partial charge in [-0.05, 0) is 42.8 Å². The molecule has 3 rings (SSSR count). The number of nitriles is 1. The first-order chi connectivity index (χ1) is 10.2. The van der Waals surface area contributed by atoms with Crippen LogP contribution >= 0.6 is 0 Å². The Labute approximate surface area is 122 Å². The van der Waals surface area contributed by atoms with Gasteiger partial charge in [0.05, 0.1) is 17.2 Å². The summed E-state index contributed by atoms with van der Waals surface area (Å²) in [7, 11) is 0. The average molecular weight is 275 g/mol. The third kappa shape index (κ3) is 2.37. The van der Waals surface area contributed by atoms with Crippen LogP contribution in [0, 0.1) is 18.3 Å². The molecule has 1 aliphatic heterocycles. The van der Waals surface area contributed by atoms with Crippen molar-refractivity contribution in [2.45, 2.75) is 6.92 Å². The topological polar surface area (TPSA) is 64.9 Å². The van der Waals surface area contributed by atoms with Crippen molar-refractivity contribution in [1.29, 1.82) is 5.26 Å². The monoisotopic (exact) mass is 275 g/mol. The summed E-state index contributed by atoms with van der Waals surface area (Å²) < 4.78 is 0. The summed E-state index contributed by atoms with van der Waals surface area (Å²) in [5.41, 5.74) is 4.88. The van der Waals surface area contributed by atoms with Gasteiger partial charge in [-0.25, -0.2) is 0 Å². The first-order valence-electron chi connectivity index (χ1n) is 6.57. The lowest BCUT2D eigenvalue weighted by atomic mass is 10.0. The minimum atomic E-state index is -0.111. The molecule has 102 valence electrons. The lowest BCUT2D eigenvalue weighted by Crippen LogP contribution is -2.05. The van der Waals surface area contributed by atoms with Crippen LogP contribution in [0.2, 0.25) is 0 Å². The van der Waals surface area contributed by atoms with Crippen molar-refractivity contribution in [3.8, 4) is 6.07 Å². The van der Waals surface area contributed by atoms with Gasteiger partial charge in [0.2, 0.25) is 0 Å². The Hall–Kier alpha value is -3.06. The van der Waals surface area contributed by atoms with Crippen molar-refractivity contribution in [2.75, 3.05) is 10.6 Å². The van der Waals surface area contributed by atoms with E-state index in [1.165, 1.54) is 0 Å². The fourth-order valence-corrected chi connectivity index (χ4v) is 2.37. The highest BCUT2D eigenvalue weighted by Crippen LogP contribution is 2.34. The third-order valence-electron chi connectivity index (χ3n) is 3.43. The number of aryl methyl sites for hydroxylation is 1. The zero-order valence-electron chi connectivity index (χ0n) is 11.5. The second-order valence-electron chi connectivity index (χ2n) is 4.84. The Kier molecular flexibility index (Phi) is 3.17. The van der Waals surface area contributed by atoms with Gasteiger partial charge in [0, 0.05) is 23.1 Å². The van der Waals surface area contributed by atoms with Gasteiger partial charge in [0.15, 0.2) is 0 Å². The quantitative estimate of drug-likeness (QED) is 0.827. The van der Waals surface area contributed by atoms with Gasteiger partial charge in [-0.15, -0.1) is 0 Å². The maximum atomic E-state index is 12.0. The third-order valence-corrected chi connectivity index (χ3v) is 3.43. The molecule has 0 aliphatic carbocycles. The highest BCUT2D eigenvalue weighted by molar-refractivity contribution is 6.32. The largest absolute Gasteiger partial charge is 0.361 e. The molecule has 4 heteroatoms.